The molecule has 0 heterocycles. The SMILES string of the molecule is CCCCCCCCCCCCCCCCOC[C@@H](COCc1ccccc1)OCCCCCCCCCCCCCCCC. The van der Waals surface area contributed by atoms with Gasteiger partial charge in [0.15, 0.2) is 0 Å². The Morgan fingerprint density at radius 2 is 0.756 bits per heavy atom. The zero-order valence-corrected chi connectivity index (χ0v) is 30.5. The van der Waals surface area contributed by atoms with E-state index in [2.05, 4.69) is 44.2 Å². The largest absolute Gasteiger partial charge is 0.379 e. The summed E-state index contributed by atoms with van der Waals surface area (Å²) in [5.41, 5.74) is 1.21. The Morgan fingerprint density at radius 3 is 1.18 bits per heavy atom. The highest BCUT2D eigenvalue weighted by atomic mass is 16.6. The maximum Gasteiger partial charge on any atom is 0.104 e. The molecular formula is C42H78O3. The molecule has 0 fully saturated rings. The first kappa shape index (κ1) is 42.1. The minimum Gasteiger partial charge on any atom is -0.379 e. The fraction of sp³-hybridized carbons (Fsp3) is 0.857. The Labute approximate surface area is 282 Å². The van der Waals surface area contributed by atoms with Crippen molar-refractivity contribution in [3.63, 3.8) is 0 Å². The Balaban J connectivity index is 2.03. The van der Waals surface area contributed by atoms with Crippen molar-refractivity contribution < 1.29 is 14.2 Å². The van der Waals surface area contributed by atoms with Crippen LogP contribution in [0, 0.1) is 0 Å². The number of unbranched alkanes of at least 4 members (excludes halogenated alkanes) is 26. The van der Waals surface area contributed by atoms with Gasteiger partial charge in [-0.25, -0.2) is 0 Å². The molecule has 0 unspecified atom stereocenters. The molecule has 0 saturated heterocycles. The fourth-order valence-electron chi connectivity index (χ4n) is 6.19. The second kappa shape index (κ2) is 35.9. The molecule has 3 heteroatoms. The molecule has 0 N–H and O–H groups in total. The van der Waals surface area contributed by atoms with Gasteiger partial charge in [0.1, 0.15) is 6.10 Å². The summed E-state index contributed by atoms with van der Waals surface area (Å²) in [4.78, 5) is 0. The van der Waals surface area contributed by atoms with Crippen LogP contribution in [-0.4, -0.2) is 32.5 Å². The number of rotatable bonds is 37. The van der Waals surface area contributed by atoms with Crippen LogP contribution in [0.25, 0.3) is 0 Å². The third kappa shape index (κ3) is 31.5. The molecular weight excluding hydrogens is 552 g/mol. The van der Waals surface area contributed by atoms with Gasteiger partial charge in [0.05, 0.1) is 19.8 Å². The molecule has 0 radical (unpaired) electrons. The first-order valence-corrected chi connectivity index (χ1v) is 20.2. The van der Waals surface area contributed by atoms with Crippen molar-refractivity contribution in [2.45, 2.75) is 206 Å². The molecule has 0 aliphatic heterocycles. The monoisotopic (exact) mass is 631 g/mol. The van der Waals surface area contributed by atoms with Gasteiger partial charge in [-0.1, -0.05) is 211 Å². The zero-order valence-electron chi connectivity index (χ0n) is 30.5. The first-order chi connectivity index (χ1) is 22.4. The average molecular weight is 631 g/mol. The number of benzene rings is 1. The van der Waals surface area contributed by atoms with Crippen molar-refractivity contribution >= 4 is 0 Å². The molecule has 1 aromatic carbocycles. The lowest BCUT2D eigenvalue weighted by Crippen LogP contribution is -2.26. The summed E-state index contributed by atoms with van der Waals surface area (Å²) in [5, 5.41) is 0. The molecule has 0 aromatic heterocycles. The van der Waals surface area contributed by atoms with Crippen LogP contribution < -0.4 is 0 Å². The lowest BCUT2D eigenvalue weighted by atomic mass is 10.0. The molecule has 0 bridgehead atoms. The highest BCUT2D eigenvalue weighted by molar-refractivity contribution is 5.13. The van der Waals surface area contributed by atoms with E-state index >= 15 is 0 Å². The minimum atomic E-state index is 0.0299. The van der Waals surface area contributed by atoms with Gasteiger partial charge < -0.3 is 14.2 Å². The molecule has 3 nitrogen and oxygen atoms in total. The van der Waals surface area contributed by atoms with Crippen molar-refractivity contribution in [1.82, 2.24) is 0 Å². The van der Waals surface area contributed by atoms with E-state index in [1.54, 1.807) is 0 Å². The maximum atomic E-state index is 6.26. The van der Waals surface area contributed by atoms with E-state index in [1.807, 2.05) is 0 Å². The maximum absolute atomic E-state index is 6.26. The quantitative estimate of drug-likeness (QED) is 0.0685. The summed E-state index contributed by atoms with van der Waals surface area (Å²) in [6.07, 6.45) is 38.8. The van der Waals surface area contributed by atoms with Gasteiger partial charge in [-0.05, 0) is 18.4 Å². The van der Waals surface area contributed by atoms with Crippen molar-refractivity contribution in [1.29, 1.82) is 0 Å². The van der Waals surface area contributed by atoms with Crippen molar-refractivity contribution in [3.8, 4) is 0 Å². The van der Waals surface area contributed by atoms with E-state index < -0.39 is 0 Å². The van der Waals surface area contributed by atoms with E-state index in [9.17, 15) is 0 Å². The molecule has 0 aliphatic carbocycles. The zero-order chi connectivity index (χ0) is 32.1. The second-order valence-electron chi connectivity index (χ2n) is 13.8. The molecule has 45 heavy (non-hydrogen) atoms. The highest BCUT2D eigenvalue weighted by Crippen LogP contribution is 2.15. The molecule has 0 aliphatic rings. The average Bonchev–Trinajstić information content (AvgIpc) is 3.06. The van der Waals surface area contributed by atoms with Gasteiger partial charge in [0.25, 0.3) is 0 Å². The van der Waals surface area contributed by atoms with E-state index in [0.29, 0.717) is 19.8 Å². The van der Waals surface area contributed by atoms with Crippen LogP contribution in [0.4, 0.5) is 0 Å². The van der Waals surface area contributed by atoms with Crippen LogP contribution in [0.3, 0.4) is 0 Å². The standard InChI is InChI=1S/C42H78O3/c1-3-5-7-9-11-13-15-17-19-21-23-25-27-32-36-43-39-42(40-44-38-41-34-30-29-31-35-41)45-37-33-28-26-24-22-20-18-16-14-12-10-8-6-4-2/h29-31,34-35,42H,3-28,32-33,36-40H2,1-2H3/t42-/m0/s1. The van der Waals surface area contributed by atoms with E-state index in [4.69, 9.17) is 14.2 Å². The van der Waals surface area contributed by atoms with E-state index in [-0.39, 0.29) is 6.10 Å². The highest BCUT2D eigenvalue weighted by Gasteiger charge is 2.10. The van der Waals surface area contributed by atoms with Crippen molar-refractivity contribution in [3.05, 3.63) is 35.9 Å². The summed E-state index contributed by atoms with van der Waals surface area (Å²) < 4.78 is 18.4. The van der Waals surface area contributed by atoms with Gasteiger partial charge in [0, 0.05) is 13.2 Å². The van der Waals surface area contributed by atoms with Gasteiger partial charge in [-0.3, -0.25) is 0 Å². The Hall–Kier alpha value is -0.900. The third-order valence-corrected chi connectivity index (χ3v) is 9.21. The molecule has 0 saturated carbocycles. The molecule has 0 amide bonds. The lowest BCUT2D eigenvalue weighted by molar-refractivity contribution is -0.0645. The second-order valence-corrected chi connectivity index (χ2v) is 13.8. The van der Waals surface area contributed by atoms with Crippen LogP contribution >= 0.6 is 0 Å². The molecule has 1 aromatic rings. The Morgan fingerprint density at radius 1 is 0.400 bits per heavy atom. The third-order valence-electron chi connectivity index (χ3n) is 9.21. The summed E-state index contributed by atoms with van der Waals surface area (Å²) in [7, 11) is 0. The molecule has 1 atom stereocenters. The smallest absolute Gasteiger partial charge is 0.104 e. The predicted molar refractivity (Wildman–Crippen MR) is 197 cm³/mol. The summed E-state index contributed by atoms with van der Waals surface area (Å²) >= 11 is 0. The van der Waals surface area contributed by atoms with Crippen LogP contribution in [0.5, 0.6) is 0 Å². The summed E-state index contributed by atoms with van der Waals surface area (Å²) in [6.45, 7) is 8.14. The van der Waals surface area contributed by atoms with Crippen LogP contribution in [0.2, 0.25) is 0 Å². The summed E-state index contributed by atoms with van der Waals surface area (Å²) in [5.74, 6) is 0. The first-order valence-electron chi connectivity index (χ1n) is 20.2. The number of ether oxygens (including phenoxy) is 3. The molecule has 1 rings (SSSR count). The van der Waals surface area contributed by atoms with Gasteiger partial charge in [-0.15, -0.1) is 0 Å². The minimum absolute atomic E-state index is 0.0299. The van der Waals surface area contributed by atoms with E-state index in [0.717, 1.165) is 26.1 Å². The van der Waals surface area contributed by atoms with Gasteiger partial charge >= 0.3 is 0 Å². The lowest BCUT2D eigenvalue weighted by Gasteiger charge is -2.18. The molecule has 264 valence electrons. The Bertz CT molecular complexity index is 663. The predicted octanol–water partition coefficient (Wildman–Crippen LogP) is 13.6. The fourth-order valence-corrected chi connectivity index (χ4v) is 6.19. The van der Waals surface area contributed by atoms with Crippen LogP contribution in [0.1, 0.15) is 199 Å². The van der Waals surface area contributed by atoms with Gasteiger partial charge in [-0.2, -0.15) is 0 Å². The van der Waals surface area contributed by atoms with Crippen LogP contribution in [-0.2, 0) is 20.8 Å². The van der Waals surface area contributed by atoms with Crippen molar-refractivity contribution in [2.24, 2.45) is 0 Å². The molecule has 0 spiro atoms. The van der Waals surface area contributed by atoms with Crippen molar-refractivity contribution in [2.75, 3.05) is 26.4 Å². The number of hydrogen-bond acceptors (Lipinski definition) is 3. The van der Waals surface area contributed by atoms with E-state index in [1.165, 1.54) is 173 Å². The topological polar surface area (TPSA) is 27.7 Å². The summed E-state index contributed by atoms with van der Waals surface area (Å²) in [6, 6.07) is 10.4. The normalized spacial score (nSPS) is 12.2. The van der Waals surface area contributed by atoms with Gasteiger partial charge in [0.2, 0.25) is 0 Å². The van der Waals surface area contributed by atoms with Crippen LogP contribution in [0.15, 0.2) is 30.3 Å². The Kier molecular flexibility index (Phi) is 33.6. The number of hydrogen-bond donors (Lipinski definition) is 0.